The Kier molecular flexibility index (Phi) is 16.4. The Balaban J connectivity index is 3.56. The summed E-state index contributed by atoms with van der Waals surface area (Å²) in [6.07, 6.45) is 17.6. The molecule has 0 aliphatic heterocycles. The van der Waals surface area contributed by atoms with Gasteiger partial charge in [-0.25, -0.2) is 0 Å². The molecule has 0 spiro atoms. The first-order valence-corrected chi connectivity index (χ1v) is 10.0. The van der Waals surface area contributed by atoms with Gasteiger partial charge in [-0.1, -0.05) is 85.0 Å². The lowest BCUT2D eigenvalue weighted by atomic mass is 10.1. The van der Waals surface area contributed by atoms with E-state index in [1.165, 1.54) is 70.6 Å². The number of carbonyl (C=O) groups excluding carboxylic acids is 1. The highest BCUT2D eigenvalue weighted by molar-refractivity contribution is 5.76. The highest BCUT2D eigenvalue weighted by Gasteiger charge is 2.11. The molecule has 0 bridgehead atoms. The van der Waals surface area contributed by atoms with E-state index in [0.29, 0.717) is 5.91 Å². The first-order chi connectivity index (χ1) is 10.8. The smallest absolute Gasteiger partial charge is 0.222 e. The molecule has 1 amide bonds. The van der Waals surface area contributed by atoms with E-state index in [4.69, 9.17) is 0 Å². The summed E-state index contributed by atoms with van der Waals surface area (Å²) < 4.78 is 0. The van der Waals surface area contributed by atoms with Crippen molar-refractivity contribution < 1.29 is 4.79 Å². The minimum absolute atomic E-state index is 0.367. The van der Waals surface area contributed by atoms with Gasteiger partial charge in [-0.05, 0) is 19.3 Å². The molecule has 0 fully saturated rings. The first-order valence-electron chi connectivity index (χ1n) is 10.0. The van der Waals surface area contributed by atoms with Gasteiger partial charge in [-0.15, -0.1) is 0 Å². The summed E-state index contributed by atoms with van der Waals surface area (Å²) in [4.78, 5) is 14.2. The Morgan fingerprint density at radius 2 is 1.05 bits per heavy atom. The molecular weight excluding hydrogens is 270 g/mol. The van der Waals surface area contributed by atoms with E-state index in [-0.39, 0.29) is 0 Å². The van der Waals surface area contributed by atoms with Crippen molar-refractivity contribution in [1.82, 2.24) is 4.90 Å². The van der Waals surface area contributed by atoms with Gasteiger partial charge in [0.15, 0.2) is 0 Å². The molecule has 0 aromatic rings. The molecule has 0 atom stereocenters. The predicted molar refractivity (Wildman–Crippen MR) is 98.2 cm³/mol. The van der Waals surface area contributed by atoms with Gasteiger partial charge >= 0.3 is 0 Å². The number of rotatable bonds is 16. The zero-order valence-electron chi connectivity index (χ0n) is 15.7. The number of hydrogen-bond acceptors (Lipinski definition) is 1. The van der Waals surface area contributed by atoms with Gasteiger partial charge in [0.05, 0.1) is 0 Å². The Hall–Kier alpha value is -0.530. The molecule has 0 N–H and O–H groups in total. The third-order valence-electron chi connectivity index (χ3n) is 4.38. The topological polar surface area (TPSA) is 20.3 Å². The molecular formula is C20H41NO. The number of hydrogen-bond donors (Lipinski definition) is 0. The lowest BCUT2D eigenvalue weighted by Crippen LogP contribution is -2.32. The number of nitrogens with zero attached hydrogens (tertiary/aromatic N) is 1. The first kappa shape index (κ1) is 21.5. The largest absolute Gasteiger partial charge is 0.343 e. The van der Waals surface area contributed by atoms with Gasteiger partial charge in [0.25, 0.3) is 0 Å². The number of amides is 1. The Bertz CT molecular complexity index is 240. The van der Waals surface area contributed by atoms with Crippen molar-refractivity contribution in [2.45, 2.75) is 111 Å². The zero-order chi connectivity index (χ0) is 16.5. The van der Waals surface area contributed by atoms with Crippen molar-refractivity contribution in [3.05, 3.63) is 0 Å². The maximum atomic E-state index is 12.1. The molecule has 0 radical (unpaired) electrons. The summed E-state index contributed by atoms with van der Waals surface area (Å²) in [5, 5.41) is 0. The van der Waals surface area contributed by atoms with E-state index in [1.807, 2.05) is 0 Å². The van der Waals surface area contributed by atoms with Crippen molar-refractivity contribution >= 4 is 5.91 Å². The van der Waals surface area contributed by atoms with Gasteiger partial charge in [0.2, 0.25) is 5.91 Å². The van der Waals surface area contributed by atoms with Gasteiger partial charge in [0.1, 0.15) is 0 Å². The summed E-state index contributed by atoms with van der Waals surface area (Å²) in [5.41, 5.74) is 0. The number of unbranched alkanes of at least 4 members (excludes halogenated alkanes) is 10. The zero-order valence-corrected chi connectivity index (χ0v) is 15.7. The molecule has 0 aromatic carbocycles. The molecule has 0 saturated heterocycles. The van der Waals surface area contributed by atoms with E-state index in [9.17, 15) is 4.79 Å². The summed E-state index contributed by atoms with van der Waals surface area (Å²) in [7, 11) is 0. The van der Waals surface area contributed by atoms with Crippen molar-refractivity contribution in [3.8, 4) is 0 Å². The van der Waals surface area contributed by atoms with Gasteiger partial charge in [-0.2, -0.15) is 0 Å². The van der Waals surface area contributed by atoms with Crippen molar-refractivity contribution in [3.63, 3.8) is 0 Å². The van der Waals surface area contributed by atoms with Crippen LogP contribution < -0.4 is 0 Å². The van der Waals surface area contributed by atoms with Crippen LogP contribution in [0.2, 0.25) is 0 Å². The summed E-state index contributed by atoms with van der Waals surface area (Å²) in [6.45, 7) is 8.51. The Labute approximate surface area is 140 Å². The quantitative estimate of drug-likeness (QED) is 0.305. The highest BCUT2D eigenvalue weighted by atomic mass is 16.2. The molecule has 132 valence electrons. The Morgan fingerprint density at radius 3 is 1.55 bits per heavy atom. The van der Waals surface area contributed by atoms with Crippen LogP contribution in [0.1, 0.15) is 111 Å². The van der Waals surface area contributed by atoms with Crippen LogP contribution in [0.15, 0.2) is 0 Å². The lowest BCUT2D eigenvalue weighted by molar-refractivity contribution is -0.131. The predicted octanol–water partition coefficient (Wildman–Crippen LogP) is 6.34. The van der Waals surface area contributed by atoms with Crippen molar-refractivity contribution in [2.24, 2.45) is 0 Å². The molecule has 22 heavy (non-hydrogen) atoms. The fraction of sp³-hybridized carbons (Fsp3) is 0.950. The van der Waals surface area contributed by atoms with Crippen LogP contribution in [0.25, 0.3) is 0 Å². The van der Waals surface area contributed by atoms with Gasteiger partial charge < -0.3 is 4.90 Å². The van der Waals surface area contributed by atoms with Crippen molar-refractivity contribution in [1.29, 1.82) is 0 Å². The van der Waals surface area contributed by atoms with Crippen LogP contribution >= 0.6 is 0 Å². The second-order valence-electron chi connectivity index (χ2n) is 6.67. The van der Waals surface area contributed by atoms with Crippen LogP contribution in [-0.2, 0) is 4.79 Å². The molecule has 0 aliphatic carbocycles. The summed E-state index contributed by atoms with van der Waals surface area (Å²) >= 11 is 0. The van der Waals surface area contributed by atoms with Gasteiger partial charge in [-0.3, -0.25) is 4.79 Å². The van der Waals surface area contributed by atoms with Crippen LogP contribution in [0, 0.1) is 0 Å². The standard InChI is InChI=1S/C20H41NO/c1-4-7-9-10-11-12-13-14-15-16-19-21(18-8-5-2)20(22)17-6-3/h4-19H2,1-3H3. The molecule has 0 aromatic heterocycles. The van der Waals surface area contributed by atoms with Crippen LogP contribution in [-0.4, -0.2) is 23.9 Å². The minimum atomic E-state index is 0.367. The molecule has 0 heterocycles. The third-order valence-corrected chi connectivity index (χ3v) is 4.38. The molecule has 2 heteroatoms. The Morgan fingerprint density at radius 1 is 0.591 bits per heavy atom. The maximum absolute atomic E-state index is 12.1. The van der Waals surface area contributed by atoms with E-state index in [1.54, 1.807) is 0 Å². The highest BCUT2D eigenvalue weighted by Crippen LogP contribution is 2.11. The molecule has 0 unspecified atom stereocenters. The van der Waals surface area contributed by atoms with E-state index in [0.717, 1.165) is 32.4 Å². The minimum Gasteiger partial charge on any atom is -0.343 e. The number of carbonyl (C=O) groups is 1. The van der Waals surface area contributed by atoms with Crippen molar-refractivity contribution in [2.75, 3.05) is 13.1 Å². The third kappa shape index (κ3) is 13.2. The van der Waals surface area contributed by atoms with E-state index in [2.05, 4.69) is 25.7 Å². The van der Waals surface area contributed by atoms with Crippen LogP contribution in [0.3, 0.4) is 0 Å². The molecule has 0 aliphatic rings. The maximum Gasteiger partial charge on any atom is 0.222 e. The van der Waals surface area contributed by atoms with Crippen LogP contribution in [0.5, 0.6) is 0 Å². The van der Waals surface area contributed by atoms with Crippen LogP contribution in [0.4, 0.5) is 0 Å². The fourth-order valence-electron chi connectivity index (χ4n) is 2.87. The summed E-state index contributed by atoms with van der Waals surface area (Å²) in [5.74, 6) is 0.367. The lowest BCUT2D eigenvalue weighted by Gasteiger charge is -2.22. The normalized spacial score (nSPS) is 10.9. The second kappa shape index (κ2) is 16.8. The van der Waals surface area contributed by atoms with Gasteiger partial charge in [0, 0.05) is 19.5 Å². The SMILES string of the molecule is CCCCCCCCCCCCN(CCCC)C(=O)CCC. The average Bonchev–Trinajstić information content (AvgIpc) is 2.52. The average molecular weight is 312 g/mol. The molecule has 0 saturated carbocycles. The monoisotopic (exact) mass is 311 g/mol. The van der Waals surface area contributed by atoms with E-state index < -0.39 is 0 Å². The van der Waals surface area contributed by atoms with E-state index >= 15 is 0 Å². The summed E-state index contributed by atoms with van der Waals surface area (Å²) in [6, 6.07) is 0. The second-order valence-corrected chi connectivity index (χ2v) is 6.67. The molecule has 0 rings (SSSR count). The molecule has 2 nitrogen and oxygen atoms in total. The fourth-order valence-corrected chi connectivity index (χ4v) is 2.87.